The molecule has 3 nitrogen and oxygen atoms in total. The summed E-state index contributed by atoms with van der Waals surface area (Å²) in [5.41, 5.74) is 1.37. The van der Waals surface area contributed by atoms with Gasteiger partial charge in [-0.2, -0.15) is 0 Å². The van der Waals surface area contributed by atoms with Gasteiger partial charge >= 0.3 is 0 Å². The maximum absolute atomic E-state index is 4.55. The molecular weight excluding hydrogens is 242 g/mol. The molecule has 2 rings (SSSR count). The van der Waals surface area contributed by atoms with Crippen LogP contribution in [0.1, 0.15) is 37.3 Å². The molecule has 0 aliphatic carbocycles. The molecule has 1 atom stereocenters. The molecule has 0 saturated heterocycles. The summed E-state index contributed by atoms with van der Waals surface area (Å²) in [6.45, 7) is 3.12. The molecule has 1 N–H and O–H groups in total. The fraction of sp³-hybridized carbons (Fsp3) is 0.700. The predicted molar refractivity (Wildman–Crippen MR) is 60.3 cm³/mol. The summed E-state index contributed by atoms with van der Waals surface area (Å²) in [5, 5.41) is 3.16. The van der Waals surface area contributed by atoms with Gasteiger partial charge in [0.1, 0.15) is 10.4 Å². The minimum Gasteiger partial charge on any atom is -0.327 e. The second kappa shape index (κ2) is 4.03. The van der Waals surface area contributed by atoms with E-state index in [1.807, 2.05) is 7.05 Å². The smallest absolute Gasteiger partial charge is 0.127 e. The zero-order valence-electron chi connectivity index (χ0n) is 8.68. The highest BCUT2D eigenvalue weighted by molar-refractivity contribution is 9.10. The molecule has 14 heavy (non-hydrogen) atoms. The molecule has 4 heteroatoms. The Hall–Kier alpha value is -0.350. The van der Waals surface area contributed by atoms with Crippen molar-refractivity contribution in [2.75, 3.05) is 7.05 Å². The topological polar surface area (TPSA) is 29.9 Å². The summed E-state index contributed by atoms with van der Waals surface area (Å²) in [4.78, 5) is 4.55. The van der Waals surface area contributed by atoms with Crippen molar-refractivity contribution in [1.82, 2.24) is 14.9 Å². The van der Waals surface area contributed by atoms with Crippen LogP contribution in [0.5, 0.6) is 0 Å². The summed E-state index contributed by atoms with van der Waals surface area (Å²) < 4.78 is 3.42. The molecule has 0 radical (unpaired) electrons. The van der Waals surface area contributed by atoms with Crippen LogP contribution < -0.4 is 5.32 Å². The normalized spacial score (nSPS) is 20.9. The van der Waals surface area contributed by atoms with Crippen LogP contribution in [-0.2, 0) is 13.0 Å². The molecule has 1 unspecified atom stereocenters. The van der Waals surface area contributed by atoms with Crippen LogP contribution in [0.2, 0.25) is 0 Å². The first kappa shape index (κ1) is 10.2. The summed E-state index contributed by atoms with van der Waals surface area (Å²) in [6.07, 6.45) is 3.71. The van der Waals surface area contributed by atoms with Gasteiger partial charge in [-0.3, -0.25) is 0 Å². The zero-order chi connectivity index (χ0) is 10.1. The molecule has 0 fully saturated rings. The molecule has 0 bridgehead atoms. The number of hydrogen-bond acceptors (Lipinski definition) is 2. The van der Waals surface area contributed by atoms with Crippen molar-refractivity contribution in [3.63, 3.8) is 0 Å². The first-order valence-corrected chi connectivity index (χ1v) is 5.93. The lowest BCUT2D eigenvalue weighted by atomic mass is 10.0. The van der Waals surface area contributed by atoms with E-state index in [2.05, 4.69) is 37.7 Å². The Labute approximate surface area is 93.0 Å². The van der Waals surface area contributed by atoms with Gasteiger partial charge in [0.05, 0.1) is 12.2 Å². The van der Waals surface area contributed by atoms with Gasteiger partial charge in [-0.25, -0.2) is 4.98 Å². The Kier molecular flexibility index (Phi) is 2.93. The zero-order valence-corrected chi connectivity index (χ0v) is 10.3. The summed E-state index contributed by atoms with van der Waals surface area (Å²) in [6, 6.07) is 0.598. The molecule has 0 saturated carbocycles. The van der Waals surface area contributed by atoms with Crippen molar-refractivity contribution in [1.29, 1.82) is 0 Å². The van der Waals surface area contributed by atoms with Gasteiger partial charge in [-0.05, 0) is 49.2 Å². The maximum Gasteiger partial charge on any atom is 0.127 e. The molecule has 78 valence electrons. The number of nitrogens with zero attached hydrogens (tertiary/aromatic N) is 2. The Morgan fingerprint density at radius 2 is 2.43 bits per heavy atom. The van der Waals surface area contributed by atoms with Crippen molar-refractivity contribution in [2.45, 2.75) is 38.8 Å². The monoisotopic (exact) mass is 257 g/mol. The van der Waals surface area contributed by atoms with E-state index < -0.39 is 0 Å². The van der Waals surface area contributed by atoms with Gasteiger partial charge in [0.15, 0.2) is 0 Å². The minimum absolute atomic E-state index is 0.598. The van der Waals surface area contributed by atoms with Gasteiger partial charge < -0.3 is 9.88 Å². The highest BCUT2D eigenvalue weighted by atomic mass is 79.9. The number of aromatic nitrogens is 2. The molecule has 1 aliphatic rings. The third kappa shape index (κ3) is 1.61. The first-order chi connectivity index (χ1) is 6.74. The van der Waals surface area contributed by atoms with E-state index in [9.17, 15) is 0 Å². The quantitative estimate of drug-likeness (QED) is 0.881. The Balaban J connectivity index is 2.42. The largest absolute Gasteiger partial charge is 0.327 e. The van der Waals surface area contributed by atoms with Crippen molar-refractivity contribution >= 4 is 15.9 Å². The summed E-state index contributed by atoms with van der Waals surface area (Å²) in [7, 11) is 1.96. The average molecular weight is 258 g/mol. The highest BCUT2D eigenvalue weighted by Gasteiger charge is 2.22. The van der Waals surface area contributed by atoms with E-state index in [0.29, 0.717) is 6.04 Å². The van der Waals surface area contributed by atoms with Gasteiger partial charge in [0, 0.05) is 6.04 Å². The predicted octanol–water partition coefficient (Wildman–Crippen LogP) is 2.26. The van der Waals surface area contributed by atoms with Crippen LogP contribution in [0.4, 0.5) is 0 Å². The number of hydrogen-bond donors (Lipinski definition) is 1. The van der Waals surface area contributed by atoms with Crippen molar-refractivity contribution in [3.05, 3.63) is 16.1 Å². The van der Waals surface area contributed by atoms with Crippen molar-refractivity contribution in [2.24, 2.45) is 0 Å². The number of halogens is 1. The second-order valence-corrected chi connectivity index (χ2v) is 4.66. The molecule has 0 aromatic carbocycles. The number of rotatable bonds is 2. The lowest BCUT2D eigenvalue weighted by molar-refractivity contribution is 0.415. The molecular formula is C10H16BrN3. The third-order valence-corrected chi connectivity index (χ3v) is 3.48. The Morgan fingerprint density at radius 1 is 1.64 bits per heavy atom. The maximum atomic E-state index is 4.55. The van der Waals surface area contributed by atoms with Gasteiger partial charge in [0.25, 0.3) is 0 Å². The summed E-state index contributed by atoms with van der Waals surface area (Å²) in [5.74, 6) is 1.15. The van der Waals surface area contributed by atoms with Crippen molar-refractivity contribution < 1.29 is 0 Å². The van der Waals surface area contributed by atoms with Crippen LogP contribution in [0.15, 0.2) is 4.60 Å². The first-order valence-electron chi connectivity index (χ1n) is 5.14. The molecule has 1 aromatic rings. The van der Waals surface area contributed by atoms with Crippen LogP contribution >= 0.6 is 15.9 Å². The van der Waals surface area contributed by atoms with Crippen LogP contribution in [0.25, 0.3) is 0 Å². The van der Waals surface area contributed by atoms with E-state index in [1.165, 1.54) is 18.5 Å². The van der Waals surface area contributed by atoms with Crippen LogP contribution in [0.3, 0.4) is 0 Å². The fourth-order valence-corrected chi connectivity index (χ4v) is 2.80. The van der Waals surface area contributed by atoms with Crippen LogP contribution in [-0.4, -0.2) is 16.6 Å². The van der Waals surface area contributed by atoms with Gasteiger partial charge in [-0.1, -0.05) is 0 Å². The SMILES string of the molecule is CNCc1nc(Br)c2n1C(C)CCC2. The van der Waals surface area contributed by atoms with Gasteiger partial charge in [0.2, 0.25) is 0 Å². The van der Waals surface area contributed by atoms with E-state index in [-0.39, 0.29) is 0 Å². The molecule has 0 spiro atoms. The van der Waals surface area contributed by atoms with Gasteiger partial charge in [-0.15, -0.1) is 0 Å². The standard InChI is InChI=1S/C10H16BrN3/c1-7-4-3-5-8-10(11)13-9(6-12-2)14(7)8/h7,12H,3-6H2,1-2H3. The van der Waals surface area contributed by atoms with Crippen molar-refractivity contribution in [3.8, 4) is 0 Å². The fourth-order valence-electron chi connectivity index (χ4n) is 2.21. The van der Waals surface area contributed by atoms with E-state index >= 15 is 0 Å². The van der Waals surface area contributed by atoms with E-state index in [1.54, 1.807) is 0 Å². The Bertz CT molecular complexity index is 332. The lowest BCUT2D eigenvalue weighted by Crippen LogP contribution is -2.20. The van der Waals surface area contributed by atoms with E-state index in [4.69, 9.17) is 0 Å². The molecule has 1 aliphatic heterocycles. The number of fused-ring (bicyclic) bond motifs is 1. The third-order valence-electron chi connectivity index (χ3n) is 2.85. The average Bonchev–Trinajstić information content (AvgIpc) is 2.46. The summed E-state index contributed by atoms with van der Waals surface area (Å²) >= 11 is 3.54. The lowest BCUT2D eigenvalue weighted by Gasteiger charge is -2.24. The highest BCUT2D eigenvalue weighted by Crippen LogP contribution is 2.30. The second-order valence-electron chi connectivity index (χ2n) is 3.91. The molecule has 1 aromatic heterocycles. The minimum atomic E-state index is 0.598. The Morgan fingerprint density at radius 3 is 3.14 bits per heavy atom. The number of nitrogens with one attached hydrogen (secondary N) is 1. The van der Waals surface area contributed by atoms with Crippen LogP contribution in [0, 0.1) is 0 Å². The van der Waals surface area contributed by atoms with E-state index in [0.717, 1.165) is 23.4 Å². The molecule has 0 amide bonds. The molecule has 2 heterocycles. The number of imidazole rings is 1.